The number of hydrogen-bond acceptors (Lipinski definition) is 8. The first-order chi connectivity index (χ1) is 15.1. The highest BCUT2D eigenvalue weighted by Gasteiger charge is 2.30. The largest absolute Gasteiger partial charge is 0.481 e. The Labute approximate surface area is 195 Å². The molecule has 176 valence electrons. The van der Waals surface area contributed by atoms with Crippen molar-refractivity contribution >= 4 is 54.9 Å². The monoisotopic (exact) mass is 486 g/mol. The van der Waals surface area contributed by atoms with Gasteiger partial charge in [-0.25, -0.2) is 4.79 Å². The summed E-state index contributed by atoms with van der Waals surface area (Å²) in [5.41, 5.74) is 6.39. The van der Waals surface area contributed by atoms with E-state index in [4.69, 9.17) is 15.9 Å². The van der Waals surface area contributed by atoms with Gasteiger partial charge in [-0.15, -0.1) is 0 Å². The van der Waals surface area contributed by atoms with E-state index in [9.17, 15) is 24.0 Å². The van der Waals surface area contributed by atoms with Crippen molar-refractivity contribution in [1.29, 1.82) is 0 Å². The van der Waals surface area contributed by atoms with Gasteiger partial charge < -0.3 is 31.9 Å². The fourth-order valence-corrected chi connectivity index (χ4v) is 2.96. The molecule has 4 atom stereocenters. The lowest BCUT2D eigenvalue weighted by atomic mass is 10.0. The van der Waals surface area contributed by atoms with E-state index in [-0.39, 0.29) is 17.9 Å². The molecular formula is C19H26N4O7S2. The molecule has 0 heterocycles. The molecule has 0 saturated carbocycles. The second-order valence-electron chi connectivity index (χ2n) is 6.78. The zero-order chi connectivity index (χ0) is 24.3. The second kappa shape index (κ2) is 13.6. The summed E-state index contributed by atoms with van der Waals surface area (Å²) in [4.78, 5) is 59.5. The average molecular weight is 487 g/mol. The van der Waals surface area contributed by atoms with Crippen LogP contribution in [0.25, 0.3) is 0 Å². The van der Waals surface area contributed by atoms with Crippen LogP contribution < -0.4 is 21.7 Å². The van der Waals surface area contributed by atoms with Crippen LogP contribution in [0.4, 0.5) is 0 Å². The lowest BCUT2D eigenvalue weighted by molar-refractivity contribution is -0.147. The Hall–Kier alpha value is -2.77. The first-order valence-electron chi connectivity index (χ1n) is 9.46. The van der Waals surface area contributed by atoms with Crippen LogP contribution in [0.2, 0.25) is 0 Å². The first-order valence-corrected chi connectivity index (χ1v) is 10.7. The van der Waals surface area contributed by atoms with Gasteiger partial charge in [-0.3, -0.25) is 19.2 Å². The molecule has 0 radical (unpaired) electrons. The van der Waals surface area contributed by atoms with Crippen molar-refractivity contribution in [2.24, 2.45) is 5.73 Å². The normalized spacial score (nSPS) is 14.3. The number of amides is 3. The number of rotatable bonds is 13. The fraction of sp³-hybridized carbons (Fsp3) is 0.421. The number of hydrogen-bond donors (Lipinski definition) is 8. The molecule has 0 saturated heterocycles. The molecule has 1 rings (SSSR count). The SMILES string of the molecule is NC(CS)C(=O)NC(Cc1ccccc1)C(=O)NC(CS)C(=O)NC(CC(=O)O)C(=O)O. The molecule has 3 amide bonds. The van der Waals surface area contributed by atoms with Crippen molar-refractivity contribution in [3.8, 4) is 0 Å². The van der Waals surface area contributed by atoms with Gasteiger partial charge in [-0.05, 0) is 5.56 Å². The first kappa shape index (κ1) is 27.3. The Morgan fingerprint density at radius 3 is 1.84 bits per heavy atom. The van der Waals surface area contributed by atoms with Crippen LogP contribution in [-0.2, 0) is 30.4 Å². The number of nitrogens with two attached hydrogens (primary N) is 1. The highest BCUT2D eigenvalue weighted by molar-refractivity contribution is 7.80. The topological polar surface area (TPSA) is 188 Å². The highest BCUT2D eigenvalue weighted by Crippen LogP contribution is 2.05. The van der Waals surface area contributed by atoms with E-state index in [1.807, 2.05) is 0 Å². The van der Waals surface area contributed by atoms with Crippen molar-refractivity contribution in [3.05, 3.63) is 35.9 Å². The van der Waals surface area contributed by atoms with Gasteiger partial charge in [-0.2, -0.15) is 25.3 Å². The maximum absolute atomic E-state index is 12.9. The smallest absolute Gasteiger partial charge is 0.326 e. The van der Waals surface area contributed by atoms with Gasteiger partial charge in [0.25, 0.3) is 0 Å². The van der Waals surface area contributed by atoms with Crippen LogP contribution >= 0.6 is 25.3 Å². The lowest BCUT2D eigenvalue weighted by Gasteiger charge is -2.24. The van der Waals surface area contributed by atoms with E-state index in [1.165, 1.54) is 0 Å². The highest BCUT2D eigenvalue weighted by atomic mass is 32.1. The second-order valence-corrected chi connectivity index (χ2v) is 7.51. The number of carbonyl (C=O) groups is 5. The predicted molar refractivity (Wildman–Crippen MR) is 122 cm³/mol. The maximum atomic E-state index is 12.9. The van der Waals surface area contributed by atoms with Crippen molar-refractivity contribution in [3.63, 3.8) is 0 Å². The standard InChI is InChI=1S/C19H26N4O7S2/c20-11(8-31)16(26)21-12(6-10-4-2-1-3-5-10)17(27)23-14(9-32)18(28)22-13(19(29)30)7-15(24)25/h1-5,11-14,31-32H,6-9,20H2,(H,21,26)(H,22,28)(H,23,27)(H,24,25)(H,29,30). The molecule has 0 aliphatic carbocycles. The quantitative estimate of drug-likeness (QED) is 0.154. The minimum Gasteiger partial charge on any atom is -0.481 e. The average Bonchev–Trinajstić information content (AvgIpc) is 2.75. The number of carbonyl (C=O) groups excluding carboxylic acids is 3. The van der Waals surface area contributed by atoms with Crippen molar-refractivity contribution in [2.45, 2.75) is 37.0 Å². The Morgan fingerprint density at radius 2 is 1.34 bits per heavy atom. The Morgan fingerprint density at radius 1 is 0.812 bits per heavy atom. The van der Waals surface area contributed by atoms with Crippen LogP contribution in [0.5, 0.6) is 0 Å². The molecule has 0 aromatic heterocycles. The minimum atomic E-state index is -1.69. The zero-order valence-corrected chi connectivity index (χ0v) is 18.7. The molecule has 0 aliphatic heterocycles. The van der Waals surface area contributed by atoms with Gasteiger partial charge in [0.05, 0.1) is 12.5 Å². The molecule has 32 heavy (non-hydrogen) atoms. The minimum absolute atomic E-state index is 0.0489. The molecule has 0 spiro atoms. The Balaban J connectivity index is 2.96. The molecule has 0 bridgehead atoms. The summed E-state index contributed by atoms with van der Waals surface area (Å²) in [5, 5.41) is 24.9. The third kappa shape index (κ3) is 9.16. The van der Waals surface area contributed by atoms with Crippen LogP contribution in [-0.4, -0.2) is 75.5 Å². The van der Waals surface area contributed by atoms with E-state index < -0.39 is 60.2 Å². The predicted octanol–water partition coefficient (Wildman–Crippen LogP) is -1.57. The van der Waals surface area contributed by atoms with E-state index in [0.717, 1.165) is 5.56 Å². The number of benzene rings is 1. The maximum Gasteiger partial charge on any atom is 0.326 e. The number of carboxylic acid groups (broad SMARTS) is 2. The third-order valence-corrected chi connectivity index (χ3v) is 5.02. The summed E-state index contributed by atoms with van der Waals surface area (Å²) in [6.45, 7) is 0. The third-order valence-electron chi connectivity index (χ3n) is 4.26. The molecule has 7 N–H and O–H groups in total. The van der Waals surface area contributed by atoms with Crippen molar-refractivity contribution < 1.29 is 34.2 Å². The van der Waals surface area contributed by atoms with E-state index >= 15 is 0 Å². The van der Waals surface area contributed by atoms with Crippen LogP contribution in [0, 0.1) is 0 Å². The summed E-state index contributed by atoms with van der Waals surface area (Å²) in [5.74, 6) is -5.40. The van der Waals surface area contributed by atoms with Gasteiger partial charge in [0.15, 0.2) is 0 Å². The van der Waals surface area contributed by atoms with Crippen molar-refractivity contribution in [1.82, 2.24) is 16.0 Å². The van der Waals surface area contributed by atoms with Gasteiger partial charge in [0.2, 0.25) is 17.7 Å². The van der Waals surface area contributed by atoms with Gasteiger partial charge >= 0.3 is 11.9 Å². The van der Waals surface area contributed by atoms with Gasteiger partial charge in [0, 0.05) is 17.9 Å². The summed E-state index contributed by atoms with van der Waals surface area (Å²) >= 11 is 7.96. The molecule has 1 aromatic rings. The number of nitrogens with one attached hydrogen (secondary N) is 3. The van der Waals surface area contributed by atoms with Crippen LogP contribution in [0.15, 0.2) is 30.3 Å². The molecule has 1 aromatic carbocycles. The zero-order valence-electron chi connectivity index (χ0n) is 16.9. The van der Waals surface area contributed by atoms with E-state index in [1.54, 1.807) is 30.3 Å². The summed E-state index contributed by atoms with van der Waals surface area (Å²) in [7, 11) is 0. The molecule has 11 nitrogen and oxygen atoms in total. The number of aliphatic carboxylic acids is 2. The molecule has 0 aliphatic rings. The summed E-state index contributed by atoms with van der Waals surface area (Å²) in [6, 6.07) is 3.76. The van der Waals surface area contributed by atoms with Crippen LogP contribution in [0.1, 0.15) is 12.0 Å². The Kier molecular flexibility index (Phi) is 11.6. The molecule has 13 heteroatoms. The lowest BCUT2D eigenvalue weighted by Crippen LogP contribution is -2.58. The van der Waals surface area contributed by atoms with Crippen molar-refractivity contribution in [2.75, 3.05) is 11.5 Å². The van der Waals surface area contributed by atoms with Gasteiger partial charge in [0.1, 0.15) is 18.1 Å². The van der Waals surface area contributed by atoms with E-state index in [0.29, 0.717) is 0 Å². The van der Waals surface area contributed by atoms with Gasteiger partial charge in [-0.1, -0.05) is 30.3 Å². The fourth-order valence-electron chi connectivity index (χ4n) is 2.53. The number of carboxylic acids is 2. The van der Waals surface area contributed by atoms with Crippen LogP contribution in [0.3, 0.4) is 0 Å². The molecule has 4 unspecified atom stereocenters. The Bertz CT molecular complexity index is 825. The summed E-state index contributed by atoms with van der Waals surface area (Å²) < 4.78 is 0. The summed E-state index contributed by atoms with van der Waals surface area (Å²) in [6.07, 6.45) is -0.752. The van der Waals surface area contributed by atoms with E-state index in [2.05, 4.69) is 41.2 Å². The number of thiol groups is 2. The molecule has 0 fully saturated rings. The molecular weight excluding hydrogens is 460 g/mol.